The van der Waals surface area contributed by atoms with E-state index in [0.717, 1.165) is 13.1 Å². The lowest BCUT2D eigenvalue weighted by molar-refractivity contribution is 0.0630. The Morgan fingerprint density at radius 3 is 2.71 bits per heavy atom. The van der Waals surface area contributed by atoms with Crippen molar-refractivity contribution in [3.8, 4) is 0 Å². The average Bonchev–Trinajstić information content (AvgIpc) is 2.88. The molecule has 0 amide bonds. The largest absolute Gasteiger partial charge is 0.394 e. The Balaban J connectivity index is 2.24. The predicted octanol–water partition coefficient (Wildman–Crippen LogP) is 2.05. The molecule has 3 heteroatoms. The molecule has 0 aromatic carbocycles. The van der Waals surface area contributed by atoms with Crippen molar-refractivity contribution >= 4 is 11.3 Å². The van der Waals surface area contributed by atoms with Crippen LogP contribution in [0.5, 0.6) is 0 Å². The van der Waals surface area contributed by atoms with Crippen LogP contribution in [0.25, 0.3) is 0 Å². The summed E-state index contributed by atoms with van der Waals surface area (Å²) in [5, 5.41) is 11.7. The lowest BCUT2D eigenvalue weighted by Crippen LogP contribution is -2.44. The summed E-state index contributed by atoms with van der Waals surface area (Å²) in [6.07, 6.45) is 2.53. The van der Waals surface area contributed by atoms with Crippen molar-refractivity contribution in [2.45, 2.75) is 25.3 Å². The maximum atomic E-state index is 9.58. The summed E-state index contributed by atoms with van der Waals surface area (Å²) in [6, 6.07) is 4.18. The first-order valence-corrected chi connectivity index (χ1v) is 6.05. The second-order valence-electron chi connectivity index (χ2n) is 4.10. The molecule has 2 nitrogen and oxygen atoms in total. The zero-order valence-electron chi connectivity index (χ0n) is 8.57. The van der Waals surface area contributed by atoms with Crippen molar-refractivity contribution in [2.24, 2.45) is 0 Å². The maximum Gasteiger partial charge on any atom is 0.0758 e. The second kappa shape index (κ2) is 4.01. The van der Waals surface area contributed by atoms with Gasteiger partial charge in [0.2, 0.25) is 0 Å². The minimum Gasteiger partial charge on any atom is -0.394 e. The van der Waals surface area contributed by atoms with Gasteiger partial charge in [0.1, 0.15) is 0 Å². The molecule has 1 fully saturated rings. The highest BCUT2D eigenvalue weighted by molar-refractivity contribution is 7.10. The van der Waals surface area contributed by atoms with E-state index < -0.39 is 0 Å². The van der Waals surface area contributed by atoms with Crippen LogP contribution in [-0.4, -0.2) is 29.7 Å². The number of aliphatic hydroxyl groups is 1. The van der Waals surface area contributed by atoms with Gasteiger partial charge in [0.05, 0.1) is 12.1 Å². The van der Waals surface area contributed by atoms with Crippen molar-refractivity contribution < 1.29 is 5.11 Å². The molecule has 0 radical (unpaired) electrons. The first-order chi connectivity index (χ1) is 6.77. The van der Waals surface area contributed by atoms with E-state index in [1.807, 2.05) is 0 Å². The summed E-state index contributed by atoms with van der Waals surface area (Å²) in [5.41, 5.74) is -0.148. The molecule has 0 saturated carbocycles. The maximum absolute atomic E-state index is 9.58. The summed E-state index contributed by atoms with van der Waals surface area (Å²) in [6.45, 7) is 4.60. The van der Waals surface area contributed by atoms with Gasteiger partial charge in [0, 0.05) is 4.88 Å². The van der Waals surface area contributed by atoms with E-state index in [4.69, 9.17) is 0 Å². The summed E-state index contributed by atoms with van der Waals surface area (Å²) < 4.78 is 0. The van der Waals surface area contributed by atoms with Crippen LogP contribution in [0.3, 0.4) is 0 Å². The van der Waals surface area contributed by atoms with E-state index >= 15 is 0 Å². The summed E-state index contributed by atoms with van der Waals surface area (Å²) in [5.74, 6) is 0. The monoisotopic (exact) mass is 211 g/mol. The summed E-state index contributed by atoms with van der Waals surface area (Å²) >= 11 is 1.74. The average molecular weight is 211 g/mol. The highest BCUT2D eigenvalue weighted by Crippen LogP contribution is 2.33. The molecule has 78 valence electrons. The third-order valence-corrected chi connectivity index (χ3v) is 4.29. The van der Waals surface area contributed by atoms with Gasteiger partial charge in [-0.05, 0) is 44.3 Å². The number of likely N-dealkylation sites (tertiary alicyclic amines) is 1. The van der Waals surface area contributed by atoms with E-state index in [0.29, 0.717) is 0 Å². The number of hydrogen-bond donors (Lipinski definition) is 1. The fourth-order valence-corrected chi connectivity index (χ4v) is 3.04. The van der Waals surface area contributed by atoms with Crippen molar-refractivity contribution in [3.05, 3.63) is 22.4 Å². The number of nitrogens with zero attached hydrogens (tertiary/aromatic N) is 1. The third-order valence-electron chi connectivity index (χ3n) is 3.16. The van der Waals surface area contributed by atoms with Crippen molar-refractivity contribution in [2.75, 3.05) is 19.7 Å². The molecule has 1 N–H and O–H groups in total. The molecule has 1 saturated heterocycles. The Morgan fingerprint density at radius 1 is 1.50 bits per heavy atom. The van der Waals surface area contributed by atoms with Crippen LogP contribution in [0.15, 0.2) is 17.5 Å². The summed E-state index contributed by atoms with van der Waals surface area (Å²) in [4.78, 5) is 3.68. The van der Waals surface area contributed by atoms with Gasteiger partial charge in [-0.25, -0.2) is 0 Å². The lowest BCUT2D eigenvalue weighted by atomic mass is 9.99. The predicted molar refractivity (Wildman–Crippen MR) is 59.6 cm³/mol. The molecule has 14 heavy (non-hydrogen) atoms. The number of thiophene rings is 1. The first kappa shape index (κ1) is 10.1. The fourth-order valence-electron chi connectivity index (χ4n) is 2.13. The Morgan fingerprint density at radius 2 is 2.21 bits per heavy atom. The van der Waals surface area contributed by atoms with Crippen LogP contribution in [0.1, 0.15) is 24.6 Å². The number of hydrogen-bond acceptors (Lipinski definition) is 3. The van der Waals surface area contributed by atoms with Gasteiger partial charge >= 0.3 is 0 Å². The normalized spacial score (nSPS) is 22.4. The van der Waals surface area contributed by atoms with E-state index in [-0.39, 0.29) is 12.1 Å². The van der Waals surface area contributed by atoms with Crippen LogP contribution in [0.2, 0.25) is 0 Å². The minimum atomic E-state index is -0.148. The molecule has 0 bridgehead atoms. The van der Waals surface area contributed by atoms with Crippen molar-refractivity contribution in [1.82, 2.24) is 4.90 Å². The van der Waals surface area contributed by atoms with Gasteiger partial charge in [-0.1, -0.05) is 6.07 Å². The molecule has 2 heterocycles. The number of rotatable bonds is 3. The van der Waals surface area contributed by atoms with Gasteiger partial charge in [-0.15, -0.1) is 11.3 Å². The molecule has 1 aromatic rings. The molecule has 2 rings (SSSR count). The first-order valence-electron chi connectivity index (χ1n) is 5.17. The minimum absolute atomic E-state index is 0.148. The molecule has 1 aromatic heterocycles. The quantitative estimate of drug-likeness (QED) is 0.827. The molecule has 1 aliphatic rings. The van der Waals surface area contributed by atoms with Crippen LogP contribution >= 0.6 is 11.3 Å². The fraction of sp³-hybridized carbons (Fsp3) is 0.636. The van der Waals surface area contributed by atoms with E-state index in [2.05, 4.69) is 29.3 Å². The smallest absolute Gasteiger partial charge is 0.0758 e. The van der Waals surface area contributed by atoms with Crippen LogP contribution < -0.4 is 0 Å². The zero-order valence-corrected chi connectivity index (χ0v) is 9.39. The Hall–Kier alpha value is -0.380. The van der Waals surface area contributed by atoms with Gasteiger partial charge in [-0.3, -0.25) is 4.90 Å². The SMILES string of the molecule is C[C@@](CO)(c1cccs1)N1CCCC1. The molecular weight excluding hydrogens is 194 g/mol. The van der Waals surface area contributed by atoms with Crippen LogP contribution in [0, 0.1) is 0 Å². The topological polar surface area (TPSA) is 23.5 Å². The standard InChI is InChI=1S/C11H17NOS/c1-11(9-13,10-5-4-8-14-10)12-6-2-3-7-12/h4-5,8,13H,2-3,6-7,9H2,1H3/t11-/m1/s1. The highest BCUT2D eigenvalue weighted by atomic mass is 32.1. The number of aliphatic hydroxyl groups excluding tert-OH is 1. The van der Waals surface area contributed by atoms with E-state index in [9.17, 15) is 5.11 Å². The lowest BCUT2D eigenvalue weighted by Gasteiger charge is -2.36. The highest BCUT2D eigenvalue weighted by Gasteiger charge is 2.35. The second-order valence-corrected chi connectivity index (χ2v) is 5.05. The Kier molecular flexibility index (Phi) is 2.91. The van der Waals surface area contributed by atoms with Crippen molar-refractivity contribution in [3.63, 3.8) is 0 Å². The van der Waals surface area contributed by atoms with Crippen molar-refractivity contribution in [1.29, 1.82) is 0 Å². The molecule has 1 aliphatic heterocycles. The molecule has 1 atom stereocenters. The molecular formula is C11H17NOS. The zero-order chi connectivity index (χ0) is 10.0. The molecule has 0 aliphatic carbocycles. The van der Waals surface area contributed by atoms with E-state index in [1.165, 1.54) is 17.7 Å². The van der Waals surface area contributed by atoms with Gasteiger partial charge in [-0.2, -0.15) is 0 Å². The summed E-state index contributed by atoms with van der Waals surface area (Å²) in [7, 11) is 0. The van der Waals surface area contributed by atoms with Gasteiger partial charge in [0.15, 0.2) is 0 Å². The van der Waals surface area contributed by atoms with Crippen LogP contribution in [-0.2, 0) is 5.54 Å². The molecule has 0 spiro atoms. The van der Waals surface area contributed by atoms with Crippen LogP contribution in [0.4, 0.5) is 0 Å². The van der Waals surface area contributed by atoms with Gasteiger partial charge < -0.3 is 5.11 Å². The molecule has 0 unspecified atom stereocenters. The van der Waals surface area contributed by atoms with Gasteiger partial charge in [0.25, 0.3) is 0 Å². The Labute approximate surface area is 89.2 Å². The van der Waals surface area contributed by atoms with E-state index in [1.54, 1.807) is 11.3 Å². The third kappa shape index (κ3) is 1.60. The Bertz CT molecular complexity index is 279.